The molecule has 6 nitrogen and oxygen atoms in total. The Bertz CT molecular complexity index is 883. The van der Waals surface area contributed by atoms with Crippen LogP contribution < -0.4 is 9.88 Å². The summed E-state index contributed by atoms with van der Waals surface area (Å²) in [4.78, 5) is 12.4. The van der Waals surface area contributed by atoms with Crippen LogP contribution >= 0.6 is 0 Å². The smallest absolute Gasteiger partial charge is 0.290 e. The first kappa shape index (κ1) is 20.1. The molecule has 1 aromatic heterocycles. The fourth-order valence-corrected chi connectivity index (χ4v) is 3.32. The molecule has 1 amide bonds. The van der Waals surface area contributed by atoms with Crippen LogP contribution in [0, 0.1) is 0 Å². The molecule has 140 valence electrons. The van der Waals surface area contributed by atoms with Crippen LogP contribution in [0.4, 0.5) is 5.69 Å². The van der Waals surface area contributed by atoms with Crippen LogP contribution in [0.5, 0.6) is 0 Å². The molecule has 0 unspecified atom stereocenters. The molecule has 0 radical (unpaired) electrons. The Hall–Kier alpha value is -2.25. The predicted octanol–water partition coefficient (Wildman–Crippen LogP) is 2.16. The monoisotopic (exact) mass is 376 g/mol. The number of rotatable bonds is 5. The zero-order chi connectivity index (χ0) is 19.5. The van der Waals surface area contributed by atoms with E-state index in [-0.39, 0.29) is 22.8 Å². The number of carbonyl (C=O) groups excluding carboxylic acids is 1. The highest BCUT2D eigenvalue weighted by Gasteiger charge is 2.19. The van der Waals surface area contributed by atoms with Crippen molar-refractivity contribution in [3.63, 3.8) is 0 Å². The molecular weight excluding hydrogens is 350 g/mol. The fraction of sp³-hybridized carbons (Fsp3) is 0.368. The zero-order valence-corrected chi connectivity index (χ0v) is 16.7. The maximum Gasteiger partial charge on any atom is 0.290 e. The largest absolute Gasteiger partial charge is 0.321 e. The molecule has 0 fully saturated rings. The van der Waals surface area contributed by atoms with Crippen LogP contribution in [-0.2, 0) is 26.8 Å². The molecule has 0 atom stereocenters. The van der Waals surface area contributed by atoms with Gasteiger partial charge >= 0.3 is 0 Å². The summed E-state index contributed by atoms with van der Waals surface area (Å²) in [5.41, 5.74) is 1.69. The SMILES string of the molecule is CN(C)S(=O)(=O)c1cccc(NC(=O)C[n+]2ccc(C(C)(C)C)cc2)c1. The van der Waals surface area contributed by atoms with Crippen molar-refractivity contribution in [3.05, 3.63) is 54.4 Å². The molecule has 0 saturated carbocycles. The Labute approximate surface area is 155 Å². The van der Waals surface area contributed by atoms with E-state index >= 15 is 0 Å². The van der Waals surface area contributed by atoms with Crippen LogP contribution in [0.2, 0.25) is 0 Å². The number of nitrogens with one attached hydrogen (secondary N) is 1. The van der Waals surface area contributed by atoms with Gasteiger partial charge in [-0.2, -0.15) is 4.57 Å². The standard InChI is InChI=1S/C19H25N3O3S/c1-19(2,3)15-9-11-22(12-10-15)14-18(23)20-16-7-6-8-17(13-16)26(24,25)21(4)5/h6-13H,14H2,1-5H3/p+1. The molecule has 7 heteroatoms. The Kier molecular flexibility index (Phi) is 5.83. The number of carbonyl (C=O) groups is 1. The molecule has 2 rings (SSSR count). The second-order valence-electron chi connectivity index (χ2n) is 7.37. The number of nitrogens with zero attached hydrogens (tertiary/aromatic N) is 2. The molecule has 0 bridgehead atoms. The summed E-state index contributed by atoms with van der Waals surface area (Å²) in [5.74, 6) is -0.224. The Morgan fingerprint density at radius 3 is 2.27 bits per heavy atom. The zero-order valence-electron chi connectivity index (χ0n) is 15.9. The van der Waals surface area contributed by atoms with Crippen molar-refractivity contribution in [2.24, 2.45) is 0 Å². The first-order chi connectivity index (χ1) is 12.0. The van der Waals surface area contributed by atoms with Crippen LogP contribution in [0.1, 0.15) is 26.3 Å². The lowest BCUT2D eigenvalue weighted by molar-refractivity contribution is -0.684. The first-order valence-electron chi connectivity index (χ1n) is 8.32. The molecule has 0 aliphatic heterocycles. The lowest BCUT2D eigenvalue weighted by Gasteiger charge is -2.17. The van der Waals surface area contributed by atoms with Crippen molar-refractivity contribution in [2.75, 3.05) is 19.4 Å². The van der Waals surface area contributed by atoms with Crippen LogP contribution in [-0.4, -0.2) is 32.7 Å². The summed E-state index contributed by atoms with van der Waals surface area (Å²) in [5, 5.41) is 2.74. The number of aromatic nitrogens is 1. The van der Waals surface area contributed by atoms with E-state index in [9.17, 15) is 13.2 Å². The quantitative estimate of drug-likeness (QED) is 0.813. The van der Waals surface area contributed by atoms with Gasteiger partial charge in [0.1, 0.15) is 0 Å². The van der Waals surface area contributed by atoms with Crippen molar-refractivity contribution in [2.45, 2.75) is 37.6 Å². The number of anilines is 1. The van der Waals surface area contributed by atoms with Gasteiger partial charge in [0, 0.05) is 31.9 Å². The van der Waals surface area contributed by atoms with Crippen molar-refractivity contribution in [1.29, 1.82) is 0 Å². The van der Waals surface area contributed by atoms with E-state index in [4.69, 9.17) is 0 Å². The number of hydrogen-bond acceptors (Lipinski definition) is 3. The minimum Gasteiger partial charge on any atom is -0.321 e. The lowest BCUT2D eigenvalue weighted by Crippen LogP contribution is -2.40. The highest BCUT2D eigenvalue weighted by Crippen LogP contribution is 2.20. The maximum atomic E-state index is 12.3. The molecular formula is C19H26N3O3S+. The van der Waals surface area contributed by atoms with Gasteiger partial charge in [-0.05, 0) is 29.2 Å². The third-order valence-corrected chi connectivity index (χ3v) is 5.79. The van der Waals surface area contributed by atoms with E-state index in [1.54, 1.807) is 16.7 Å². The van der Waals surface area contributed by atoms with E-state index in [0.29, 0.717) is 5.69 Å². The van der Waals surface area contributed by atoms with Crippen LogP contribution in [0.3, 0.4) is 0 Å². The number of benzene rings is 1. The molecule has 1 aromatic carbocycles. The first-order valence-corrected chi connectivity index (χ1v) is 9.76. The predicted molar refractivity (Wildman–Crippen MR) is 101 cm³/mol. The van der Waals surface area contributed by atoms with Gasteiger partial charge in [0.05, 0.1) is 4.90 Å². The summed E-state index contributed by atoms with van der Waals surface area (Å²) >= 11 is 0. The highest BCUT2D eigenvalue weighted by atomic mass is 32.2. The third-order valence-electron chi connectivity index (χ3n) is 3.98. The van der Waals surface area contributed by atoms with Crippen molar-refractivity contribution >= 4 is 21.6 Å². The average Bonchev–Trinajstić information content (AvgIpc) is 2.54. The Balaban J connectivity index is 2.09. The van der Waals surface area contributed by atoms with Gasteiger partial charge in [0.2, 0.25) is 16.6 Å². The number of sulfonamides is 1. The lowest BCUT2D eigenvalue weighted by atomic mass is 9.88. The third kappa shape index (κ3) is 4.89. The van der Waals surface area contributed by atoms with Gasteiger partial charge in [-0.25, -0.2) is 12.7 Å². The second-order valence-corrected chi connectivity index (χ2v) is 9.52. The number of amides is 1. The van der Waals surface area contributed by atoms with Gasteiger partial charge in [0.25, 0.3) is 5.91 Å². The van der Waals surface area contributed by atoms with E-state index in [2.05, 4.69) is 26.1 Å². The van der Waals surface area contributed by atoms with E-state index < -0.39 is 10.0 Å². The highest BCUT2D eigenvalue weighted by molar-refractivity contribution is 7.89. The summed E-state index contributed by atoms with van der Waals surface area (Å²) in [7, 11) is -0.595. The molecule has 26 heavy (non-hydrogen) atoms. The number of hydrogen-bond donors (Lipinski definition) is 1. The van der Waals surface area contributed by atoms with E-state index in [1.165, 1.54) is 31.8 Å². The van der Waals surface area contributed by atoms with Gasteiger partial charge in [-0.15, -0.1) is 0 Å². The van der Waals surface area contributed by atoms with E-state index in [0.717, 1.165) is 4.31 Å². The molecule has 1 N–H and O–H groups in total. The van der Waals surface area contributed by atoms with Gasteiger partial charge in [0.15, 0.2) is 12.4 Å². The summed E-state index contributed by atoms with van der Waals surface area (Å²) in [6, 6.07) is 10.2. The van der Waals surface area contributed by atoms with Gasteiger partial charge < -0.3 is 5.32 Å². The molecule has 0 spiro atoms. The van der Waals surface area contributed by atoms with E-state index in [1.807, 2.05) is 24.5 Å². The normalized spacial score (nSPS) is 12.2. The average molecular weight is 377 g/mol. The van der Waals surface area contributed by atoms with Crippen LogP contribution in [0.15, 0.2) is 53.7 Å². The molecule has 0 saturated heterocycles. The summed E-state index contributed by atoms with van der Waals surface area (Å²) in [6.07, 6.45) is 3.74. The molecule has 0 aliphatic rings. The minimum absolute atomic E-state index is 0.0553. The Morgan fingerprint density at radius 2 is 1.73 bits per heavy atom. The van der Waals surface area contributed by atoms with Crippen LogP contribution in [0.25, 0.3) is 0 Å². The molecule has 1 heterocycles. The topological polar surface area (TPSA) is 70.4 Å². The summed E-state index contributed by atoms with van der Waals surface area (Å²) < 4.78 is 27.3. The van der Waals surface area contributed by atoms with Crippen molar-refractivity contribution < 1.29 is 17.8 Å². The molecule has 0 aliphatic carbocycles. The van der Waals surface area contributed by atoms with Gasteiger partial charge in [-0.3, -0.25) is 4.79 Å². The minimum atomic E-state index is -3.54. The number of pyridine rings is 1. The van der Waals surface area contributed by atoms with Gasteiger partial charge in [-0.1, -0.05) is 26.8 Å². The maximum absolute atomic E-state index is 12.3. The summed E-state index contributed by atoms with van der Waals surface area (Å²) in [6.45, 7) is 6.55. The fourth-order valence-electron chi connectivity index (χ4n) is 2.37. The Morgan fingerprint density at radius 1 is 1.12 bits per heavy atom. The van der Waals surface area contributed by atoms with Crippen molar-refractivity contribution in [1.82, 2.24) is 4.31 Å². The van der Waals surface area contributed by atoms with Crippen molar-refractivity contribution in [3.8, 4) is 0 Å². The second kappa shape index (κ2) is 7.55. The molecule has 2 aromatic rings.